The summed E-state index contributed by atoms with van der Waals surface area (Å²) in [5.74, 6) is -0.112. The molecule has 3 N–H and O–H groups in total. The lowest BCUT2D eigenvalue weighted by Crippen LogP contribution is -2.44. The number of benzene rings is 1. The topological polar surface area (TPSA) is 81.7 Å². The van der Waals surface area contributed by atoms with Crippen LogP contribution >= 0.6 is 0 Å². The number of carbonyl (C=O) groups excluding carboxylic acids is 1. The molecule has 2 atom stereocenters. The van der Waals surface area contributed by atoms with Crippen LogP contribution in [-0.2, 0) is 4.79 Å². The Labute approximate surface area is 161 Å². The quantitative estimate of drug-likeness (QED) is 0.620. The minimum Gasteiger partial charge on any atom is -0.481 e. The summed E-state index contributed by atoms with van der Waals surface area (Å²) in [6, 6.07) is 8.13. The summed E-state index contributed by atoms with van der Waals surface area (Å²) < 4.78 is 0. The zero-order valence-corrected chi connectivity index (χ0v) is 16.3. The first-order valence-electron chi connectivity index (χ1n) is 10.1. The van der Waals surface area contributed by atoms with Crippen molar-refractivity contribution < 1.29 is 14.7 Å². The summed E-state index contributed by atoms with van der Waals surface area (Å²) in [4.78, 5) is 26.3. The average molecular weight is 373 g/mol. The van der Waals surface area contributed by atoms with E-state index < -0.39 is 5.97 Å². The number of anilines is 1. The molecule has 0 radical (unpaired) electrons. The fourth-order valence-corrected chi connectivity index (χ4v) is 3.98. The standard InChI is InChI=1S/C21H31N3O3/c1-14(2)23-19-6-4-3-5-18(19)21(27)22-12-17-10-9-16(11-20(25)26)24(17)13-15-7-8-15/h3-6,14-17,23H,7-13H2,1-2H3,(H,22,27)(H,25,26)/t16-,17+/m1/s1. The maximum absolute atomic E-state index is 12.7. The van der Waals surface area contributed by atoms with Gasteiger partial charge in [-0.2, -0.15) is 0 Å². The van der Waals surface area contributed by atoms with Crippen LogP contribution in [0.25, 0.3) is 0 Å². The van der Waals surface area contributed by atoms with E-state index >= 15 is 0 Å². The second-order valence-electron chi connectivity index (χ2n) is 8.18. The molecule has 27 heavy (non-hydrogen) atoms. The Balaban J connectivity index is 1.61. The number of aliphatic carboxylic acids is 1. The van der Waals surface area contributed by atoms with E-state index in [1.54, 1.807) is 0 Å². The molecule has 1 aliphatic carbocycles. The monoisotopic (exact) mass is 373 g/mol. The fourth-order valence-electron chi connectivity index (χ4n) is 3.98. The molecule has 0 aromatic heterocycles. The Morgan fingerprint density at radius 3 is 2.52 bits per heavy atom. The van der Waals surface area contributed by atoms with E-state index in [0.717, 1.165) is 25.1 Å². The highest BCUT2D eigenvalue weighted by Crippen LogP contribution is 2.35. The Kier molecular flexibility index (Phi) is 6.37. The molecular formula is C21H31N3O3. The van der Waals surface area contributed by atoms with Crippen molar-refractivity contribution in [3.8, 4) is 0 Å². The summed E-state index contributed by atoms with van der Waals surface area (Å²) in [6.45, 7) is 5.62. The van der Waals surface area contributed by atoms with Crippen LogP contribution in [0.15, 0.2) is 24.3 Å². The highest BCUT2D eigenvalue weighted by atomic mass is 16.4. The van der Waals surface area contributed by atoms with E-state index in [9.17, 15) is 14.7 Å². The number of hydrogen-bond acceptors (Lipinski definition) is 4. The van der Waals surface area contributed by atoms with Crippen LogP contribution in [0.1, 0.15) is 56.3 Å². The van der Waals surface area contributed by atoms with Gasteiger partial charge in [-0.3, -0.25) is 14.5 Å². The Bertz CT molecular complexity index is 672. The maximum atomic E-state index is 12.7. The van der Waals surface area contributed by atoms with E-state index in [1.165, 1.54) is 12.8 Å². The third kappa shape index (κ3) is 5.45. The second kappa shape index (κ2) is 8.74. The Morgan fingerprint density at radius 2 is 1.85 bits per heavy atom. The summed E-state index contributed by atoms with van der Waals surface area (Å²) >= 11 is 0. The van der Waals surface area contributed by atoms with E-state index in [-0.39, 0.29) is 30.5 Å². The number of likely N-dealkylation sites (tertiary alicyclic amines) is 1. The number of amides is 1. The van der Waals surface area contributed by atoms with Crippen LogP contribution in [-0.4, -0.2) is 53.1 Å². The van der Waals surface area contributed by atoms with E-state index in [1.807, 2.05) is 38.1 Å². The average Bonchev–Trinajstić information content (AvgIpc) is 3.35. The number of carboxylic acids is 1. The SMILES string of the molecule is CC(C)Nc1ccccc1C(=O)NC[C@@H]1CC[C@H](CC(=O)O)N1CC1CC1. The first-order valence-corrected chi connectivity index (χ1v) is 10.1. The third-order valence-electron chi connectivity index (χ3n) is 5.46. The number of nitrogens with zero attached hydrogens (tertiary/aromatic N) is 1. The van der Waals surface area contributed by atoms with Crippen molar-refractivity contribution >= 4 is 17.6 Å². The van der Waals surface area contributed by atoms with Crippen molar-refractivity contribution in [1.82, 2.24) is 10.2 Å². The van der Waals surface area contributed by atoms with E-state index in [2.05, 4.69) is 15.5 Å². The molecule has 1 aliphatic heterocycles. The van der Waals surface area contributed by atoms with Gasteiger partial charge in [-0.1, -0.05) is 12.1 Å². The summed E-state index contributed by atoms with van der Waals surface area (Å²) in [5.41, 5.74) is 1.50. The van der Waals surface area contributed by atoms with Crippen molar-refractivity contribution in [1.29, 1.82) is 0 Å². The predicted molar refractivity (Wildman–Crippen MR) is 106 cm³/mol. The second-order valence-corrected chi connectivity index (χ2v) is 8.18. The molecule has 1 amide bonds. The van der Waals surface area contributed by atoms with Gasteiger partial charge >= 0.3 is 5.97 Å². The molecule has 148 valence electrons. The van der Waals surface area contributed by atoms with Gasteiger partial charge in [-0.25, -0.2) is 0 Å². The number of rotatable bonds is 9. The van der Waals surface area contributed by atoms with Gasteiger partial charge in [0.15, 0.2) is 0 Å². The smallest absolute Gasteiger partial charge is 0.304 e. The third-order valence-corrected chi connectivity index (χ3v) is 5.46. The summed E-state index contributed by atoms with van der Waals surface area (Å²) in [5, 5.41) is 15.6. The Hall–Kier alpha value is -2.08. The molecule has 0 bridgehead atoms. The minimum atomic E-state index is -0.737. The lowest BCUT2D eigenvalue weighted by atomic mass is 10.1. The molecule has 1 heterocycles. The van der Waals surface area contributed by atoms with Gasteiger partial charge < -0.3 is 15.7 Å². The molecule has 3 rings (SSSR count). The zero-order valence-electron chi connectivity index (χ0n) is 16.3. The lowest BCUT2D eigenvalue weighted by molar-refractivity contribution is -0.138. The highest BCUT2D eigenvalue weighted by molar-refractivity contribution is 5.99. The Morgan fingerprint density at radius 1 is 1.15 bits per heavy atom. The summed E-state index contributed by atoms with van der Waals surface area (Å²) in [6.07, 6.45) is 4.51. The molecular weight excluding hydrogens is 342 g/mol. The molecule has 1 aromatic carbocycles. The van der Waals surface area contributed by atoms with Crippen molar-refractivity contribution in [3.63, 3.8) is 0 Å². The maximum Gasteiger partial charge on any atom is 0.304 e. The minimum absolute atomic E-state index is 0.0770. The summed E-state index contributed by atoms with van der Waals surface area (Å²) in [7, 11) is 0. The van der Waals surface area contributed by atoms with E-state index in [0.29, 0.717) is 18.0 Å². The molecule has 1 saturated carbocycles. The van der Waals surface area contributed by atoms with Crippen LogP contribution in [0.4, 0.5) is 5.69 Å². The largest absolute Gasteiger partial charge is 0.481 e. The van der Waals surface area contributed by atoms with Gasteiger partial charge in [0.2, 0.25) is 0 Å². The van der Waals surface area contributed by atoms with Gasteiger partial charge in [0, 0.05) is 36.9 Å². The van der Waals surface area contributed by atoms with Crippen LogP contribution in [0, 0.1) is 5.92 Å². The number of nitrogens with one attached hydrogen (secondary N) is 2. The van der Waals surface area contributed by atoms with Crippen molar-refractivity contribution in [2.75, 3.05) is 18.4 Å². The van der Waals surface area contributed by atoms with Crippen LogP contribution in [0.5, 0.6) is 0 Å². The first-order chi connectivity index (χ1) is 12.9. The molecule has 1 saturated heterocycles. The molecule has 1 aromatic rings. The molecule has 6 heteroatoms. The zero-order chi connectivity index (χ0) is 19.4. The fraction of sp³-hybridized carbons (Fsp3) is 0.619. The van der Waals surface area contributed by atoms with Gasteiger partial charge in [0.1, 0.15) is 0 Å². The van der Waals surface area contributed by atoms with Crippen LogP contribution in [0.2, 0.25) is 0 Å². The first kappa shape index (κ1) is 19.7. The number of carboxylic acid groups (broad SMARTS) is 1. The van der Waals surface area contributed by atoms with Gasteiger partial charge in [0.05, 0.1) is 12.0 Å². The normalized spacial score (nSPS) is 22.8. The van der Waals surface area contributed by atoms with Crippen molar-refractivity contribution in [2.24, 2.45) is 5.92 Å². The van der Waals surface area contributed by atoms with Crippen LogP contribution < -0.4 is 10.6 Å². The van der Waals surface area contributed by atoms with Gasteiger partial charge in [0.25, 0.3) is 5.91 Å². The van der Waals surface area contributed by atoms with Crippen molar-refractivity contribution in [3.05, 3.63) is 29.8 Å². The predicted octanol–water partition coefficient (Wildman–Crippen LogP) is 2.95. The van der Waals surface area contributed by atoms with Gasteiger partial charge in [-0.05, 0) is 57.6 Å². The molecule has 0 spiro atoms. The highest BCUT2D eigenvalue weighted by Gasteiger charge is 2.38. The number of carbonyl (C=O) groups is 2. The lowest BCUT2D eigenvalue weighted by Gasteiger charge is -2.30. The van der Waals surface area contributed by atoms with Gasteiger partial charge in [-0.15, -0.1) is 0 Å². The molecule has 0 unspecified atom stereocenters. The molecule has 2 aliphatic rings. The molecule has 2 fully saturated rings. The number of para-hydroxylation sites is 1. The van der Waals surface area contributed by atoms with Crippen molar-refractivity contribution in [2.45, 2.75) is 64.1 Å². The van der Waals surface area contributed by atoms with E-state index in [4.69, 9.17) is 0 Å². The number of hydrogen-bond donors (Lipinski definition) is 3. The van der Waals surface area contributed by atoms with Crippen LogP contribution in [0.3, 0.4) is 0 Å². The molecule has 6 nitrogen and oxygen atoms in total.